The maximum Gasteiger partial charge on any atom is 0.108 e. The maximum absolute atomic E-state index is 6.69. The molecule has 0 heterocycles. The molecule has 0 bridgehead atoms. The second kappa shape index (κ2) is 7.24. The highest BCUT2D eigenvalue weighted by molar-refractivity contribution is 5.68. The number of hydrogen-bond acceptors (Lipinski definition) is 4. The van der Waals surface area contributed by atoms with Crippen LogP contribution >= 0.6 is 0 Å². The monoisotopic (exact) mass is 157 g/mol. The van der Waals surface area contributed by atoms with Gasteiger partial charge in [0.2, 0.25) is 0 Å². The van der Waals surface area contributed by atoms with Gasteiger partial charge in [-0.15, -0.1) is 0 Å². The zero-order chi connectivity index (χ0) is 8.53. The molecule has 0 amide bonds. The van der Waals surface area contributed by atoms with Gasteiger partial charge in [-0.1, -0.05) is 6.92 Å². The maximum atomic E-state index is 6.69. The molecule has 0 unspecified atom stereocenters. The molecule has 4 heteroatoms. The number of nitrogens with two attached hydrogens (primary N) is 1. The normalized spacial score (nSPS) is 11.5. The van der Waals surface area contributed by atoms with Crippen LogP contribution in [0.2, 0.25) is 0 Å². The first-order valence-corrected chi connectivity index (χ1v) is 3.61. The third kappa shape index (κ3) is 7.02. The van der Waals surface area contributed by atoms with Gasteiger partial charge in [-0.2, -0.15) is 0 Å². The number of allylic oxidation sites excluding steroid dienone is 1. The van der Waals surface area contributed by atoms with Gasteiger partial charge in [-0.25, -0.2) is 5.48 Å². The van der Waals surface area contributed by atoms with Gasteiger partial charge in [0.1, 0.15) is 6.61 Å². The Balaban J connectivity index is 3.23. The van der Waals surface area contributed by atoms with Gasteiger partial charge in [0, 0.05) is 18.5 Å². The second-order valence-corrected chi connectivity index (χ2v) is 2.09. The number of rotatable bonds is 6. The van der Waals surface area contributed by atoms with Gasteiger partial charge in [0.25, 0.3) is 0 Å². The van der Waals surface area contributed by atoms with Crippen molar-refractivity contribution in [3.8, 4) is 0 Å². The molecule has 0 aliphatic carbocycles. The van der Waals surface area contributed by atoms with E-state index in [-0.39, 0.29) is 0 Å². The fourth-order valence-electron chi connectivity index (χ4n) is 0.464. The predicted molar refractivity (Wildman–Crippen MR) is 45.3 cm³/mol. The largest absolute Gasteiger partial charge is 0.400 e. The third-order valence-corrected chi connectivity index (χ3v) is 0.990. The van der Waals surface area contributed by atoms with E-state index < -0.39 is 0 Å². The van der Waals surface area contributed by atoms with Crippen LogP contribution in [0, 0.1) is 5.41 Å². The van der Waals surface area contributed by atoms with Crippen LogP contribution in [-0.2, 0) is 4.84 Å². The minimum absolute atomic E-state index is 0.329. The SMILES string of the molecule is CCCNOC/C(N)=C/C=N. The Morgan fingerprint density at radius 2 is 2.45 bits per heavy atom. The van der Waals surface area contributed by atoms with Gasteiger partial charge >= 0.3 is 0 Å². The van der Waals surface area contributed by atoms with Crippen LogP contribution in [0.1, 0.15) is 13.3 Å². The van der Waals surface area contributed by atoms with Crippen molar-refractivity contribution in [2.75, 3.05) is 13.2 Å². The van der Waals surface area contributed by atoms with E-state index in [1.165, 1.54) is 6.08 Å². The van der Waals surface area contributed by atoms with Crippen LogP contribution in [0.25, 0.3) is 0 Å². The molecule has 0 aromatic rings. The first-order valence-electron chi connectivity index (χ1n) is 3.61. The Kier molecular flexibility index (Phi) is 6.67. The zero-order valence-corrected chi connectivity index (χ0v) is 6.76. The highest BCUT2D eigenvalue weighted by atomic mass is 16.6. The molecule has 0 saturated carbocycles. The van der Waals surface area contributed by atoms with Crippen LogP contribution in [0.5, 0.6) is 0 Å². The van der Waals surface area contributed by atoms with Gasteiger partial charge in [-0.3, -0.25) is 4.84 Å². The van der Waals surface area contributed by atoms with Crippen molar-refractivity contribution in [1.82, 2.24) is 5.48 Å². The summed E-state index contributed by atoms with van der Waals surface area (Å²) in [7, 11) is 0. The van der Waals surface area contributed by atoms with E-state index in [1.54, 1.807) is 0 Å². The first kappa shape index (κ1) is 10.1. The lowest BCUT2D eigenvalue weighted by atomic mass is 10.4. The van der Waals surface area contributed by atoms with Crippen molar-refractivity contribution in [1.29, 1.82) is 5.41 Å². The topological polar surface area (TPSA) is 71.1 Å². The number of nitrogens with one attached hydrogen (secondary N) is 2. The summed E-state index contributed by atoms with van der Waals surface area (Å²) in [5, 5.41) is 6.69. The van der Waals surface area contributed by atoms with E-state index in [9.17, 15) is 0 Å². The van der Waals surface area contributed by atoms with Crippen molar-refractivity contribution >= 4 is 6.21 Å². The smallest absolute Gasteiger partial charge is 0.108 e. The highest BCUT2D eigenvalue weighted by Gasteiger charge is 1.87. The Labute approximate surface area is 66.9 Å². The fourth-order valence-corrected chi connectivity index (χ4v) is 0.464. The van der Waals surface area contributed by atoms with E-state index in [0.29, 0.717) is 12.3 Å². The summed E-state index contributed by atoms with van der Waals surface area (Å²) in [4.78, 5) is 4.94. The van der Waals surface area contributed by atoms with Gasteiger partial charge < -0.3 is 11.1 Å². The molecule has 11 heavy (non-hydrogen) atoms. The van der Waals surface area contributed by atoms with Gasteiger partial charge in [0.15, 0.2) is 0 Å². The number of hydrogen-bond donors (Lipinski definition) is 3. The molecule has 0 aromatic heterocycles. The summed E-state index contributed by atoms with van der Waals surface area (Å²) in [6.07, 6.45) is 3.65. The first-order chi connectivity index (χ1) is 5.31. The molecule has 64 valence electrons. The van der Waals surface area contributed by atoms with Gasteiger partial charge in [-0.05, 0) is 12.5 Å². The Bertz CT molecular complexity index is 134. The highest BCUT2D eigenvalue weighted by Crippen LogP contribution is 1.81. The van der Waals surface area contributed by atoms with E-state index >= 15 is 0 Å². The molecular formula is C7H15N3O. The molecule has 0 spiro atoms. The summed E-state index contributed by atoms with van der Waals surface area (Å²) in [6, 6.07) is 0. The van der Waals surface area contributed by atoms with E-state index in [1.807, 2.05) is 6.92 Å². The van der Waals surface area contributed by atoms with E-state index in [2.05, 4.69) is 5.48 Å². The summed E-state index contributed by atoms with van der Waals surface area (Å²) < 4.78 is 0. The van der Waals surface area contributed by atoms with Crippen molar-refractivity contribution in [3.63, 3.8) is 0 Å². The Morgan fingerprint density at radius 1 is 1.73 bits per heavy atom. The molecule has 0 radical (unpaired) electrons. The Morgan fingerprint density at radius 3 is 3.00 bits per heavy atom. The average molecular weight is 157 g/mol. The Hall–Kier alpha value is -0.870. The summed E-state index contributed by atoms with van der Waals surface area (Å²) >= 11 is 0. The van der Waals surface area contributed by atoms with Crippen LogP contribution in [-0.4, -0.2) is 19.4 Å². The average Bonchev–Trinajstić information content (AvgIpc) is 1.99. The summed E-state index contributed by atoms with van der Waals surface area (Å²) in [6.45, 7) is 3.19. The van der Waals surface area contributed by atoms with Crippen LogP contribution in [0.3, 0.4) is 0 Å². The molecule has 0 fully saturated rings. The number of hydroxylamine groups is 1. The molecule has 0 atom stereocenters. The van der Waals surface area contributed by atoms with Crippen molar-refractivity contribution in [2.24, 2.45) is 5.73 Å². The molecule has 0 rings (SSSR count). The molecule has 0 saturated heterocycles. The minimum Gasteiger partial charge on any atom is -0.400 e. The minimum atomic E-state index is 0.329. The molecule has 4 N–H and O–H groups in total. The van der Waals surface area contributed by atoms with Crippen molar-refractivity contribution < 1.29 is 4.84 Å². The molecule has 0 aliphatic rings. The lowest BCUT2D eigenvalue weighted by Gasteiger charge is -2.03. The lowest BCUT2D eigenvalue weighted by molar-refractivity contribution is 0.0576. The third-order valence-electron chi connectivity index (χ3n) is 0.990. The summed E-state index contributed by atoms with van der Waals surface area (Å²) in [5.41, 5.74) is 8.68. The second-order valence-electron chi connectivity index (χ2n) is 2.09. The van der Waals surface area contributed by atoms with E-state index in [0.717, 1.165) is 19.2 Å². The molecule has 4 nitrogen and oxygen atoms in total. The van der Waals surface area contributed by atoms with Crippen molar-refractivity contribution in [2.45, 2.75) is 13.3 Å². The predicted octanol–water partition coefficient (Wildman–Crippen LogP) is 0.410. The van der Waals surface area contributed by atoms with Crippen LogP contribution < -0.4 is 11.2 Å². The van der Waals surface area contributed by atoms with Crippen molar-refractivity contribution in [3.05, 3.63) is 11.8 Å². The van der Waals surface area contributed by atoms with Crippen LogP contribution in [0.15, 0.2) is 11.8 Å². The standard InChI is InChI=1S/C7H15N3O/c1-2-5-10-11-6-7(9)3-4-8/h3-4,8,10H,2,5-6,9H2,1H3/b7-3-,8-4?. The fraction of sp³-hybridized carbons (Fsp3) is 0.571. The molecular weight excluding hydrogens is 142 g/mol. The lowest BCUT2D eigenvalue weighted by Crippen LogP contribution is -2.19. The summed E-state index contributed by atoms with van der Waals surface area (Å²) in [5.74, 6) is 0. The molecule has 0 aliphatic heterocycles. The zero-order valence-electron chi connectivity index (χ0n) is 6.76. The van der Waals surface area contributed by atoms with Crippen LogP contribution in [0.4, 0.5) is 0 Å². The quantitative estimate of drug-likeness (QED) is 0.297. The van der Waals surface area contributed by atoms with Gasteiger partial charge in [0.05, 0.1) is 0 Å². The molecule has 0 aromatic carbocycles. The van der Waals surface area contributed by atoms with E-state index in [4.69, 9.17) is 16.0 Å².